The molecule has 0 bridgehead atoms. The largest absolute Gasteiger partial charge is 0.465 e. The highest BCUT2D eigenvalue weighted by Gasteiger charge is 2.25. The monoisotopic (exact) mass is 536 g/mol. The molecule has 5 aromatic rings. The Kier molecular flexibility index (Phi) is 8.45. The third kappa shape index (κ3) is 5.93. The molecule has 1 unspecified atom stereocenters. The van der Waals surface area contributed by atoms with E-state index in [0.717, 1.165) is 41.6 Å². The number of benzene rings is 4. The lowest BCUT2D eigenvalue weighted by atomic mass is 9.82. The maximum absolute atomic E-state index is 11.8. The predicted octanol–water partition coefficient (Wildman–Crippen LogP) is 7.46. The third-order valence-electron chi connectivity index (χ3n) is 7.37. The van der Waals surface area contributed by atoms with Crippen molar-refractivity contribution in [2.45, 2.75) is 31.6 Å². The summed E-state index contributed by atoms with van der Waals surface area (Å²) in [6.07, 6.45) is 3.56. The van der Waals surface area contributed by atoms with Crippen LogP contribution in [0.5, 0.6) is 0 Å². The number of aromatic nitrogens is 1. The second-order valence-corrected chi connectivity index (χ2v) is 10.3. The number of nitrogens with two attached hydrogens (primary N) is 1. The number of H-pyrrole nitrogens is 1. The minimum Gasteiger partial charge on any atom is -0.465 e. The molecule has 1 atom stereocenters. The molecule has 0 aliphatic heterocycles. The van der Waals surface area contributed by atoms with Crippen LogP contribution in [0.4, 0.5) is 0 Å². The minimum atomic E-state index is -0.316. The standard InChI is InChI=1S/C34H33ClN2O2/c1-39-34(38)26-16-14-23(15-17-26)8-7-13-29-30-22-27(35)18-19-31(30)37-33(29)32(25-10-3-2-4-11-25)28-12-6-5-9-24(28)20-21-36/h2-6,9-12,14-19,22,32,37H,7-8,13,20-21,36H2,1H3. The minimum absolute atomic E-state index is 0.0365. The van der Waals surface area contributed by atoms with Gasteiger partial charge in [-0.2, -0.15) is 0 Å². The van der Waals surface area contributed by atoms with Crippen LogP contribution in [0.3, 0.4) is 0 Å². The highest BCUT2D eigenvalue weighted by molar-refractivity contribution is 6.31. The molecule has 198 valence electrons. The van der Waals surface area contributed by atoms with Gasteiger partial charge in [-0.25, -0.2) is 4.79 Å². The molecular formula is C34H33ClN2O2. The van der Waals surface area contributed by atoms with Gasteiger partial charge in [0.25, 0.3) is 0 Å². The molecule has 0 saturated carbocycles. The summed E-state index contributed by atoms with van der Waals surface area (Å²) < 4.78 is 4.83. The van der Waals surface area contributed by atoms with Crippen molar-refractivity contribution in [3.05, 3.63) is 141 Å². The van der Waals surface area contributed by atoms with Crippen molar-refractivity contribution in [1.29, 1.82) is 0 Å². The number of halogens is 1. The first-order valence-corrected chi connectivity index (χ1v) is 13.8. The molecule has 1 aromatic heterocycles. The van der Waals surface area contributed by atoms with E-state index in [-0.39, 0.29) is 11.9 Å². The molecular weight excluding hydrogens is 504 g/mol. The van der Waals surface area contributed by atoms with Gasteiger partial charge in [0.15, 0.2) is 0 Å². The topological polar surface area (TPSA) is 68.1 Å². The van der Waals surface area contributed by atoms with Crippen molar-refractivity contribution < 1.29 is 9.53 Å². The number of esters is 1. The van der Waals surface area contributed by atoms with Crippen molar-refractivity contribution in [2.24, 2.45) is 5.73 Å². The summed E-state index contributed by atoms with van der Waals surface area (Å²) in [6.45, 7) is 0.600. The number of fused-ring (bicyclic) bond motifs is 1. The van der Waals surface area contributed by atoms with Crippen LogP contribution in [0.1, 0.15) is 56.2 Å². The first-order chi connectivity index (χ1) is 19.1. The average molecular weight is 537 g/mol. The van der Waals surface area contributed by atoms with Gasteiger partial charge in [0, 0.05) is 27.5 Å². The SMILES string of the molecule is COC(=O)c1ccc(CCCc2c(C(c3ccccc3)c3ccccc3CCN)[nH]c3ccc(Cl)cc23)cc1. The first kappa shape index (κ1) is 26.7. The maximum atomic E-state index is 11.8. The van der Waals surface area contributed by atoms with Crippen LogP contribution < -0.4 is 5.73 Å². The molecule has 0 amide bonds. The summed E-state index contributed by atoms with van der Waals surface area (Å²) in [5.41, 5.74) is 15.1. The van der Waals surface area contributed by atoms with Gasteiger partial charge < -0.3 is 15.5 Å². The zero-order chi connectivity index (χ0) is 27.2. The molecule has 0 aliphatic carbocycles. The van der Waals surface area contributed by atoms with Crippen LogP contribution >= 0.6 is 11.6 Å². The molecule has 0 radical (unpaired) electrons. The van der Waals surface area contributed by atoms with E-state index >= 15 is 0 Å². The fourth-order valence-corrected chi connectivity index (χ4v) is 5.67. The Morgan fingerprint density at radius 2 is 1.64 bits per heavy atom. The summed E-state index contributed by atoms with van der Waals surface area (Å²) in [5, 5.41) is 1.89. The van der Waals surface area contributed by atoms with Gasteiger partial charge in [-0.3, -0.25) is 0 Å². The van der Waals surface area contributed by atoms with E-state index in [4.69, 9.17) is 22.1 Å². The van der Waals surface area contributed by atoms with Crippen molar-refractivity contribution in [3.8, 4) is 0 Å². The molecule has 5 heteroatoms. The lowest BCUT2D eigenvalue weighted by Gasteiger charge is -2.22. The lowest BCUT2D eigenvalue weighted by molar-refractivity contribution is 0.0600. The summed E-state index contributed by atoms with van der Waals surface area (Å²) in [5.74, 6) is -0.279. The fourth-order valence-electron chi connectivity index (χ4n) is 5.50. The van der Waals surface area contributed by atoms with Crippen LogP contribution in [0, 0.1) is 0 Å². The lowest BCUT2D eigenvalue weighted by Crippen LogP contribution is -2.12. The Morgan fingerprint density at radius 3 is 2.38 bits per heavy atom. The van der Waals surface area contributed by atoms with Gasteiger partial charge in [0.05, 0.1) is 12.7 Å². The van der Waals surface area contributed by atoms with Crippen molar-refractivity contribution in [1.82, 2.24) is 4.98 Å². The normalized spacial score (nSPS) is 12.0. The number of ether oxygens (including phenoxy) is 1. The highest BCUT2D eigenvalue weighted by Crippen LogP contribution is 2.39. The molecule has 4 nitrogen and oxygen atoms in total. The number of hydrogen-bond donors (Lipinski definition) is 2. The van der Waals surface area contributed by atoms with Gasteiger partial charge >= 0.3 is 5.97 Å². The first-order valence-electron chi connectivity index (χ1n) is 13.4. The Bertz CT molecular complexity index is 1560. The molecule has 4 aromatic carbocycles. The Hall–Kier alpha value is -3.86. The van der Waals surface area contributed by atoms with Gasteiger partial charge in [-0.05, 0) is 90.4 Å². The second-order valence-electron chi connectivity index (χ2n) is 9.83. The summed E-state index contributed by atoms with van der Waals surface area (Å²) in [4.78, 5) is 15.6. The average Bonchev–Trinajstić information content (AvgIpc) is 3.31. The smallest absolute Gasteiger partial charge is 0.337 e. The molecule has 0 saturated heterocycles. The summed E-state index contributed by atoms with van der Waals surface area (Å²) in [6, 6.07) is 33.1. The maximum Gasteiger partial charge on any atom is 0.337 e. The molecule has 5 rings (SSSR count). The van der Waals surface area contributed by atoms with Crippen molar-refractivity contribution in [3.63, 3.8) is 0 Å². The van der Waals surface area contributed by atoms with Crippen LogP contribution in [0.15, 0.2) is 97.1 Å². The van der Waals surface area contributed by atoms with Crippen LogP contribution in [-0.2, 0) is 24.0 Å². The number of nitrogens with one attached hydrogen (secondary N) is 1. The molecule has 0 fully saturated rings. The third-order valence-corrected chi connectivity index (χ3v) is 7.60. The molecule has 0 aliphatic rings. The van der Waals surface area contributed by atoms with E-state index in [2.05, 4.69) is 71.7 Å². The zero-order valence-electron chi connectivity index (χ0n) is 22.1. The van der Waals surface area contributed by atoms with E-state index < -0.39 is 0 Å². The van der Waals surface area contributed by atoms with Gasteiger partial charge in [0.2, 0.25) is 0 Å². The van der Waals surface area contributed by atoms with Crippen LogP contribution in [0.25, 0.3) is 10.9 Å². The number of aromatic amines is 1. The van der Waals surface area contributed by atoms with E-state index in [1.54, 1.807) is 0 Å². The highest BCUT2D eigenvalue weighted by atomic mass is 35.5. The van der Waals surface area contributed by atoms with Gasteiger partial charge in [0.1, 0.15) is 0 Å². The number of carbonyl (C=O) groups excluding carboxylic acids is 1. The zero-order valence-corrected chi connectivity index (χ0v) is 22.9. The number of rotatable bonds is 10. The number of hydrogen-bond acceptors (Lipinski definition) is 3. The van der Waals surface area contributed by atoms with Crippen LogP contribution in [0.2, 0.25) is 5.02 Å². The van der Waals surface area contributed by atoms with Crippen molar-refractivity contribution >= 4 is 28.5 Å². The second kappa shape index (κ2) is 12.3. The van der Waals surface area contributed by atoms with E-state index in [9.17, 15) is 4.79 Å². The molecule has 39 heavy (non-hydrogen) atoms. The van der Waals surface area contributed by atoms with E-state index in [1.165, 1.54) is 40.6 Å². The molecule has 0 spiro atoms. The number of methoxy groups -OCH3 is 1. The van der Waals surface area contributed by atoms with Gasteiger partial charge in [-0.15, -0.1) is 0 Å². The number of aryl methyl sites for hydroxylation is 2. The van der Waals surface area contributed by atoms with E-state index in [0.29, 0.717) is 12.1 Å². The summed E-state index contributed by atoms with van der Waals surface area (Å²) in [7, 11) is 1.40. The van der Waals surface area contributed by atoms with Crippen molar-refractivity contribution in [2.75, 3.05) is 13.7 Å². The summed E-state index contributed by atoms with van der Waals surface area (Å²) >= 11 is 6.50. The van der Waals surface area contributed by atoms with E-state index in [1.807, 2.05) is 30.3 Å². The quantitative estimate of drug-likeness (QED) is 0.182. The fraction of sp³-hybridized carbons (Fsp3) is 0.206. The molecule has 3 N–H and O–H groups in total. The van der Waals surface area contributed by atoms with Crippen LogP contribution in [-0.4, -0.2) is 24.6 Å². The molecule has 1 heterocycles. The Morgan fingerprint density at radius 1 is 0.897 bits per heavy atom. The Balaban J connectivity index is 1.55. The van der Waals surface area contributed by atoms with Gasteiger partial charge in [-0.1, -0.05) is 78.3 Å². The predicted molar refractivity (Wildman–Crippen MR) is 160 cm³/mol. The number of carbonyl (C=O) groups is 1. The Labute approximate surface area is 234 Å².